The molecule has 1 aromatic rings. The summed E-state index contributed by atoms with van der Waals surface area (Å²) in [5.74, 6) is 0.821. The van der Waals surface area contributed by atoms with E-state index < -0.39 is 0 Å². The van der Waals surface area contributed by atoms with E-state index in [1.807, 2.05) is 18.2 Å². The van der Waals surface area contributed by atoms with Crippen molar-refractivity contribution in [3.05, 3.63) is 34.9 Å². The molecule has 4 atom stereocenters. The molecule has 0 radical (unpaired) electrons. The zero-order valence-electron chi connectivity index (χ0n) is 16.6. The van der Waals surface area contributed by atoms with Crippen LogP contribution in [0.3, 0.4) is 0 Å². The van der Waals surface area contributed by atoms with Gasteiger partial charge in [-0.05, 0) is 42.9 Å². The van der Waals surface area contributed by atoms with Crippen molar-refractivity contribution in [1.29, 1.82) is 0 Å². The highest BCUT2D eigenvalue weighted by molar-refractivity contribution is 6.30. The average Bonchev–Trinajstić information content (AvgIpc) is 3.13. The summed E-state index contributed by atoms with van der Waals surface area (Å²) >= 11 is 6.22. The molecule has 2 N–H and O–H groups in total. The van der Waals surface area contributed by atoms with E-state index in [2.05, 4.69) is 21.6 Å². The largest absolute Gasteiger partial charge is 0.379 e. The number of morpholine rings is 1. The molecule has 2 saturated heterocycles. The van der Waals surface area contributed by atoms with Crippen LogP contribution in [0.4, 0.5) is 0 Å². The lowest BCUT2D eigenvalue weighted by Gasteiger charge is -2.35. The van der Waals surface area contributed by atoms with Gasteiger partial charge >= 0.3 is 0 Å². The topological polar surface area (TPSA) is 53.6 Å². The minimum Gasteiger partial charge on any atom is -0.379 e. The highest BCUT2D eigenvalue weighted by Crippen LogP contribution is 2.33. The van der Waals surface area contributed by atoms with Crippen LogP contribution in [0, 0.1) is 5.92 Å². The lowest BCUT2D eigenvalue weighted by atomic mass is 9.85. The number of nitrogens with one attached hydrogen (secondary N) is 2. The van der Waals surface area contributed by atoms with Gasteiger partial charge < -0.3 is 15.4 Å². The van der Waals surface area contributed by atoms with Gasteiger partial charge in [-0.15, -0.1) is 24.8 Å². The Balaban J connectivity index is 0.00000150. The van der Waals surface area contributed by atoms with E-state index in [1.165, 1.54) is 25.7 Å². The molecule has 29 heavy (non-hydrogen) atoms. The van der Waals surface area contributed by atoms with Gasteiger partial charge in [-0.1, -0.05) is 36.6 Å². The van der Waals surface area contributed by atoms with Crippen molar-refractivity contribution < 1.29 is 9.53 Å². The Morgan fingerprint density at radius 3 is 2.72 bits per heavy atom. The first-order valence-corrected chi connectivity index (χ1v) is 10.7. The summed E-state index contributed by atoms with van der Waals surface area (Å²) < 4.78 is 5.51. The molecule has 1 saturated carbocycles. The minimum atomic E-state index is -0.0391. The molecule has 3 fully saturated rings. The Bertz CT molecular complexity index is 644. The monoisotopic (exact) mass is 463 g/mol. The molecule has 4 unspecified atom stereocenters. The van der Waals surface area contributed by atoms with E-state index >= 15 is 0 Å². The molecule has 1 aromatic carbocycles. The van der Waals surface area contributed by atoms with E-state index in [0.717, 1.165) is 43.3 Å². The van der Waals surface area contributed by atoms with Gasteiger partial charge in [0.1, 0.15) is 0 Å². The number of hydrogen-bond donors (Lipinski definition) is 2. The van der Waals surface area contributed by atoms with E-state index in [1.54, 1.807) is 0 Å². The van der Waals surface area contributed by atoms with Gasteiger partial charge in [0.05, 0.1) is 25.3 Å². The molecule has 8 heteroatoms. The second-order valence-electron chi connectivity index (χ2n) is 8.07. The smallest absolute Gasteiger partial charge is 0.237 e. The van der Waals surface area contributed by atoms with Gasteiger partial charge in [-0.3, -0.25) is 9.69 Å². The average molecular weight is 465 g/mol. The number of amides is 1. The Kier molecular flexibility index (Phi) is 9.99. The van der Waals surface area contributed by atoms with E-state index in [0.29, 0.717) is 18.5 Å². The van der Waals surface area contributed by atoms with Crippen LogP contribution in [-0.2, 0) is 9.53 Å². The molecule has 2 aliphatic heterocycles. The van der Waals surface area contributed by atoms with Crippen LogP contribution in [0.25, 0.3) is 0 Å². The number of halogens is 3. The second-order valence-corrected chi connectivity index (χ2v) is 8.51. The number of rotatable bonds is 5. The number of hydrogen-bond acceptors (Lipinski definition) is 4. The Morgan fingerprint density at radius 2 is 2.00 bits per heavy atom. The highest BCUT2D eigenvalue weighted by atomic mass is 35.5. The number of benzene rings is 1. The molecule has 0 bridgehead atoms. The van der Waals surface area contributed by atoms with Crippen LogP contribution in [0.1, 0.15) is 43.7 Å². The molecule has 4 rings (SSSR count). The third-order valence-electron chi connectivity index (χ3n) is 6.37. The quantitative estimate of drug-likeness (QED) is 0.699. The standard InChI is InChI=1S/C21H30ClN3O2.2ClH/c22-17-6-3-5-16(12-17)20(25-8-10-27-11-9-25)14-23-21(26)19-13-15-4-1-2-7-18(15)24-19;;/h3,5-6,12,15,18-20,24H,1-2,4,7-11,13-14H2,(H,23,26);2*1H. The van der Waals surface area contributed by atoms with E-state index in [-0.39, 0.29) is 42.8 Å². The van der Waals surface area contributed by atoms with Crippen molar-refractivity contribution in [3.63, 3.8) is 0 Å². The first-order valence-electron chi connectivity index (χ1n) is 10.3. The molecule has 3 aliphatic rings. The predicted octanol–water partition coefficient (Wildman–Crippen LogP) is 3.59. The van der Waals surface area contributed by atoms with Crippen LogP contribution in [0.2, 0.25) is 5.02 Å². The van der Waals surface area contributed by atoms with Gasteiger partial charge in [0.25, 0.3) is 0 Å². The maximum absolute atomic E-state index is 12.8. The van der Waals surface area contributed by atoms with Crippen molar-refractivity contribution in [3.8, 4) is 0 Å². The van der Waals surface area contributed by atoms with Gasteiger partial charge in [0.15, 0.2) is 0 Å². The van der Waals surface area contributed by atoms with Gasteiger partial charge in [0, 0.05) is 30.7 Å². The maximum atomic E-state index is 12.8. The Labute approximate surface area is 191 Å². The number of fused-ring (bicyclic) bond motifs is 1. The fourth-order valence-electron chi connectivity index (χ4n) is 4.90. The summed E-state index contributed by atoms with van der Waals surface area (Å²) in [4.78, 5) is 15.2. The number of ether oxygens (including phenoxy) is 1. The number of nitrogens with zero attached hydrogens (tertiary/aromatic N) is 1. The molecule has 164 valence electrons. The van der Waals surface area contributed by atoms with Crippen molar-refractivity contribution in [2.45, 2.75) is 50.2 Å². The summed E-state index contributed by atoms with van der Waals surface area (Å²) in [5, 5.41) is 7.54. The van der Waals surface area contributed by atoms with Gasteiger partial charge in [0.2, 0.25) is 5.91 Å². The third-order valence-corrected chi connectivity index (χ3v) is 6.60. The van der Waals surface area contributed by atoms with Crippen molar-refractivity contribution in [1.82, 2.24) is 15.5 Å². The molecule has 0 spiro atoms. The zero-order chi connectivity index (χ0) is 18.6. The van der Waals surface area contributed by atoms with E-state index in [9.17, 15) is 4.79 Å². The summed E-state index contributed by atoms with van der Waals surface area (Å²) in [5.41, 5.74) is 1.15. The molecule has 1 amide bonds. The zero-order valence-corrected chi connectivity index (χ0v) is 19.0. The van der Waals surface area contributed by atoms with Crippen LogP contribution >= 0.6 is 36.4 Å². The Morgan fingerprint density at radius 1 is 1.24 bits per heavy atom. The third kappa shape index (κ3) is 6.22. The van der Waals surface area contributed by atoms with Crippen molar-refractivity contribution in [2.75, 3.05) is 32.8 Å². The van der Waals surface area contributed by atoms with Crippen LogP contribution in [0.15, 0.2) is 24.3 Å². The first-order chi connectivity index (χ1) is 13.2. The molecule has 0 aromatic heterocycles. The van der Waals surface area contributed by atoms with Gasteiger partial charge in [-0.2, -0.15) is 0 Å². The lowest BCUT2D eigenvalue weighted by Crippen LogP contribution is -2.47. The minimum absolute atomic E-state index is 0. The normalized spacial score (nSPS) is 27.8. The Hall–Kier alpha value is -0.560. The summed E-state index contributed by atoms with van der Waals surface area (Å²) in [7, 11) is 0. The maximum Gasteiger partial charge on any atom is 0.237 e. The fourth-order valence-corrected chi connectivity index (χ4v) is 5.10. The lowest BCUT2D eigenvalue weighted by molar-refractivity contribution is -0.123. The number of carbonyl (C=O) groups excluding carboxylic acids is 1. The summed E-state index contributed by atoms with van der Waals surface area (Å²) in [6.45, 7) is 3.82. The van der Waals surface area contributed by atoms with Crippen LogP contribution < -0.4 is 10.6 Å². The molecular weight excluding hydrogens is 433 g/mol. The fraction of sp³-hybridized carbons (Fsp3) is 0.667. The number of carbonyl (C=O) groups is 1. The summed E-state index contributed by atoms with van der Waals surface area (Å²) in [6, 6.07) is 8.61. The van der Waals surface area contributed by atoms with Crippen LogP contribution in [-0.4, -0.2) is 55.7 Å². The van der Waals surface area contributed by atoms with E-state index in [4.69, 9.17) is 16.3 Å². The summed E-state index contributed by atoms with van der Waals surface area (Å²) in [6.07, 6.45) is 6.06. The highest BCUT2D eigenvalue weighted by Gasteiger charge is 2.38. The van der Waals surface area contributed by atoms with Crippen molar-refractivity contribution >= 4 is 42.3 Å². The van der Waals surface area contributed by atoms with Crippen LogP contribution in [0.5, 0.6) is 0 Å². The van der Waals surface area contributed by atoms with Crippen molar-refractivity contribution in [2.24, 2.45) is 5.92 Å². The SMILES string of the molecule is Cl.Cl.O=C(NCC(c1cccc(Cl)c1)N1CCOCC1)C1CC2CCCCC2N1. The molecule has 1 aliphatic carbocycles. The molecule has 5 nitrogen and oxygen atoms in total. The molecule has 2 heterocycles. The molecular formula is C21H32Cl3N3O2. The van der Waals surface area contributed by atoms with Gasteiger partial charge in [-0.25, -0.2) is 0 Å². The second kappa shape index (κ2) is 11.7. The predicted molar refractivity (Wildman–Crippen MR) is 121 cm³/mol. The first kappa shape index (κ1) is 24.7.